The number of nitrogens with one attached hydrogen (secondary N) is 1. The molecule has 1 aromatic heterocycles. The summed E-state index contributed by atoms with van der Waals surface area (Å²) in [5.74, 6) is 0. The van der Waals surface area contributed by atoms with Crippen LogP contribution in [0.3, 0.4) is 0 Å². The smallest absolute Gasteiger partial charge is 0.0555 e. The molecule has 2 heteroatoms. The number of aliphatic imine (C=N–C) groups is 1. The van der Waals surface area contributed by atoms with Crippen molar-refractivity contribution in [2.45, 2.75) is 32.7 Å². The number of nitrogens with zero attached hydrogens (tertiary/aromatic N) is 1. The summed E-state index contributed by atoms with van der Waals surface area (Å²) in [6.45, 7) is 4.28. The van der Waals surface area contributed by atoms with Gasteiger partial charge in [0.15, 0.2) is 0 Å². The highest BCUT2D eigenvalue weighted by Crippen LogP contribution is 2.19. The third-order valence-electron chi connectivity index (χ3n) is 2.51. The third-order valence-corrected chi connectivity index (χ3v) is 2.51. The molecule has 0 aliphatic carbocycles. The van der Waals surface area contributed by atoms with Gasteiger partial charge < -0.3 is 4.98 Å². The lowest BCUT2D eigenvalue weighted by Gasteiger charge is -2.17. The molecule has 2 rings (SSSR count). The average molecular weight is 162 g/mol. The molecule has 0 saturated heterocycles. The first kappa shape index (κ1) is 7.59. The van der Waals surface area contributed by atoms with E-state index in [0.29, 0.717) is 6.04 Å². The van der Waals surface area contributed by atoms with Crippen LogP contribution in [0.1, 0.15) is 31.5 Å². The van der Waals surface area contributed by atoms with E-state index in [4.69, 9.17) is 0 Å². The molecule has 1 aromatic rings. The van der Waals surface area contributed by atoms with Gasteiger partial charge >= 0.3 is 0 Å². The Morgan fingerprint density at radius 3 is 3.25 bits per heavy atom. The van der Waals surface area contributed by atoms with Crippen molar-refractivity contribution < 1.29 is 0 Å². The van der Waals surface area contributed by atoms with Crippen LogP contribution in [0.25, 0.3) is 0 Å². The number of hydrogen-bond donors (Lipinski definition) is 1. The largest absolute Gasteiger partial charge is 0.364 e. The predicted molar refractivity (Wildman–Crippen MR) is 50.8 cm³/mol. The third kappa shape index (κ3) is 1.07. The highest BCUT2D eigenvalue weighted by Gasteiger charge is 2.17. The van der Waals surface area contributed by atoms with E-state index >= 15 is 0 Å². The van der Waals surface area contributed by atoms with Gasteiger partial charge in [-0.25, -0.2) is 0 Å². The van der Waals surface area contributed by atoms with Gasteiger partial charge in [0.1, 0.15) is 0 Å². The predicted octanol–water partition coefficient (Wildman–Crippen LogP) is 2.16. The minimum absolute atomic E-state index is 0.496. The van der Waals surface area contributed by atoms with Crippen molar-refractivity contribution in [3.8, 4) is 0 Å². The zero-order valence-corrected chi connectivity index (χ0v) is 7.59. The van der Waals surface area contributed by atoms with Crippen LogP contribution in [0.15, 0.2) is 17.3 Å². The van der Waals surface area contributed by atoms with Crippen molar-refractivity contribution in [1.29, 1.82) is 0 Å². The fraction of sp³-hybridized carbons (Fsp3) is 0.500. The van der Waals surface area contributed by atoms with Gasteiger partial charge in [-0.15, -0.1) is 0 Å². The molecule has 0 radical (unpaired) electrons. The molecule has 2 heterocycles. The average Bonchev–Trinajstić information content (AvgIpc) is 2.52. The number of H-pyrrole nitrogens is 1. The molecule has 0 aromatic carbocycles. The maximum atomic E-state index is 4.61. The van der Waals surface area contributed by atoms with Gasteiger partial charge in [-0.2, -0.15) is 0 Å². The number of hydrogen-bond acceptors (Lipinski definition) is 1. The first-order chi connectivity index (χ1) is 5.81. The van der Waals surface area contributed by atoms with Crippen LogP contribution in [0.4, 0.5) is 0 Å². The lowest BCUT2D eigenvalue weighted by Crippen LogP contribution is -2.17. The molecule has 0 saturated carbocycles. The minimum Gasteiger partial charge on any atom is -0.364 e. The molecule has 64 valence electrons. The van der Waals surface area contributed by atoms with Crippen molar-refractivity contribution in [3.05, 3.63) is 23.5 Å². The molecule has 0 amide bonds. The quantitative estimate of drug-likeness (QED) is 0.655. The first-order valence-corrected chi connectivity index (χ1v) is 4.52. The summed E-state index contributed by atoms with van der Waals surface area (Å²) in [5.41, 5.74) is 3.85. The van der Waals surface area contributed by atoms with Gasteiger partial charge in [0.05, 0.1) is 6.04 Å². The standard InChI is InChI=1S/C10H14N2/c1-3-8-6-10-9(4-5-11-10)7(2)12-8/h4-5,8,11H,3,6H2,1-2H3/t8-/m0/s1. The van der Waals surface area contributed by atoms with Crippen molar-refractivity contribution in [2.24, 2.45) is 4.99 Å². The Morgan fingerprint density at radius 2 is 2.50 bits per heavy atom. The van der Waals surface area contributed by atoms with Crippen LogP contribution >= 0.6 is 0 Å². The molecular formula is C10H14N2. The van der Waals surface area contributed by atoms with E-state index in [-0.39, 0.29) is 0 Å². The van der Waals surface area contributed by atoms with Gasteiger partial charge in [0, 0.05) is 29.6 Å². The van der Waals surface area contributed by atoms with Gasteiger partial charge in [0.25, 0.3) is 0 Å². The molecule has 0 unspecified atom stereocenters. The summed E-state index contributed by atoms with van der Waals surface area (Å²) in [6.07, 6.45) is 4.22. The number of fused-ring (bicyclic) bond motifs is 1. The van der Waals surface area contributed by atoms with Crippen molar-refractivity contribution >= 4 is 5.71 Å². The molecule has 1 aliphatic heterocycles. The normalized spacial score (nSPS) is 21.8. The van der Waals surface area contributed by atoms with E-state index in [0.717, 1.165) is 12.8 Å². The fourth-order valence-corrected chi connectivity index (χ4v) is 1.77. The monoisotopic (exact) mass is 162 g/mol. The molecule has 1 aliphatic rings. The Labute approximate surface area is 72.7 Å². The summed E-state index contributed by atoms with van der Waals surface area (Å²) >= 11 is 0. The van der Waals surface area contributed by atoms with Crippen molar-refractivity contribution in [3.63, 3.8) is 0 Å². The summed E-state index contributed by atoms with van der Waals surface area (Å²) in [4.78, 5) is 7.88. The van der Waals surface area contributed by atoms with E-state index in [1.54, 1.807) is 0 Å². The summed E-state index contributed by atoms with van der Waals surface area (Å²) in [7, 11) is 0. The summed E-state index contributed by atoms with van der Waals surface area (Å²) < 4.78 is 0. The van der Waals surface area contributed by atoms with Crippen molar-refractivity contribution in [1.82, 2.24) is 4.98 Å². The maximum Gasteiger partial charge on any atom is 0.0555 e. The zero-order chi connectivity index (χ0) is 8.55. The molecule has 1 atom stereocenters. The fourth-order valence-electron chi connectivity index (χ4n) is 1.77. The van der Waals surface area contributed by atoms with Crippen LogP contribution in [-0.4, -0.2) is 16.7 Å². The van der Waals surface area contributed by atoms with E-state index in [1.165, 1.54) is 17.0 Å². The van der Waals surface area contributed by atoms with Crippen LogP contribution in [0.5, 0.6) is 0 Å². The van der Waals surface area contributed by atoms with Crippen LogP contribution in [0.2, 0.25) is 0 Å². The molecule has 1 N–H and O–H groups in total. The van der Waals surface area contributed by atoms with E-state index in [1.807, 2.05) is 6.20 Å². The lowest BCUT2D eigenvalue weighted by molar-refractivity contribution is 0.632. The maximum absolute atomic E-state index is 4.61. The molecular weight excluding hydrogens is 148 g/mol. The molecule has 0 bridgehead atoms. The Morgan fingerprint density at radius 1 is 1.67 bits per heavy atom. The Hall–Kier alpha value is -1.05. The van der Waals surface area contributed by atoms with E-state index < -0.39 is 0 Å². The van der Waals surface area contributed by atoms with Gasteiger partial charge in [-0.1, -0.05) is 6.92 Å². The lowest BCUT2D eigenvalue weighted by atomic mass is 10.00. The molecule has 2 nitrogen and oxygen atoms in total. The van der Waals surface area contributed by atoms with Crippen LogP contribution in [-0.2, 0) is 6.42 Å². The highest BCUT2D eigenvalue weighted by molar-refractivity contribution is 6.00. The second-order valence-corrected chi connectivity index (χ2v) is 3.35. The highest BCUT2D eigenvalue weighted by atomic mass is 14.8. The molecule has 0 fully saturated rings. The SMILES string of the molecule is CC[C@H]1Cc2[nH]ccc2C(C)=N1. The van der Waals surface area contributed by atoms with Crippen LogP contribution in [0, 0.1) is 0 Å². The topological polar surface area (TPSA) is 28.1 Å². The van der Waals surface area contributed by atoms with Crippen LogP contribution < -0.4 is 0 Å². The van der Waals surface area contributed by atoms with Crippen molar-refractivity contribution in [2.75, 3.05) is 0 Å². The summed E-state index contributed by atoms with van der Waals surface area (Å²) in [6, 6.07) is 2.61. The van der Waals surface area contributed by atoms with E-state index in [2.05, 4.69) is 29.9 Å². The number of rotatable bonds is 1. The zero-order valence-electron chi connectivity index (χ0n) is 7.59. The van der Waals surface area contributed by atoms with E-state index in [9.17, 15) is 0 Å². The first-order valence-electron chi connectivity index (χ1n) is 4.52. The van der Waals surface area contributed by atoms with Gasteiger partial charge in [-0.05, 0) is 19.4 Å². The number of aromatic nitrogens is 1. The Bertz CT molecular complexity index is 309. The second-order valence-electron chi connectivity index (χ2n) is 3.35. The van der Waals surface area contributed by atoms with Gasteiger partial charge in [-0.3, -0.25) is 4.99 Å². The molecule has 0 spiro atoms. The molecule has 12 heavy (non-hydrogen) atoms. The number of aromatic amines is 1. The second kappa shape index (κ2) is 2.77. The van der Waals surface area contributed by atoms with Gasteiger partial charge in [0.2, 0.25) is 0 Å². The Balaban J connectivity index is 2.38. The summed E-state index contributed by atoms with van der Waals surface area (Å²) in [5, 5.41) is 0. The Kier molecular flexibility index (Phi) is 1.75. The minimum atomic E-state index is 0.496.